The van der Waals surface area contributed by atoms with Crippen molar-refractivity contribution in [3.8, 4) is 5.75 Å². The Labute approximate surface area is 123 Å². The van der Waals surface area contributed by atoms with E-state index in [1.54, 1.807) is 12.3 Å². The third kappa shape index (κ3) is 4.11. The van der Waals surface area contributed by atoms with Crippen LogP contribution in [0.5, 0.6) is 5.75 Å². The van der Waals surface area contributed by atoms with Crippen molar-refractivity contribution in [2.75, 3.05) is 12.3 Å². The highest BCUT2D eigenvalue weighted by molar-refractivity contribution is 5.67. The van der Waals surface area contributed by atoms with Gasteiger partial charge in [-0.1, -0.05) is 0 Å². The monoisotopic (exact) mass is 291 g/mol. The van der Waals surface area contributed by atoms with Crippen LogP contribution in [0.3, 0.4) is 0 Å². The fraction of sp³-hybridized carbons (Fsp3) is 0.467. The van der Waals surface area contributed by atoms with E-state index in [1.165, 1.54) is 0 Å². The molecule has 0 aromatic heterocycles. The molecule has 6 nitrogen and oxygen atoms in total. The molecule has 1 aromatic carbocycles. The molecular weight excluding hydrogens is 270 g/mol. The van der Waals surface area contributed by atoms with Gasteiger partial charge in [0, 0.05) is 17.5 Å². The van der Waals surface area contributed by atoms with Crippen LogP contribution in [-0.2, 0) is 4.74 Å². The predicted octanol–water partition coefficient (Wildman–Crippen LogP) is 0.932. The van der Waals surface area contributed by atoms with Gasteiger partial charge >= 0.3 is 6.09 Å². The lowest BCUT2D eigenvalue weighted by atomic mass is 10.2. The Hall–Kier alpha value is -2.24. The van der Waals surface area contributed by atoms with E-state index in [0.717, 1.165) is 10.6 Å². The molecule has 0 radical (unpaired) electrons. The second kappa shape index (κ2) is 5.63. The van der Waals surface area contributed by atoms with Gasteiger partial charge in [0.25, 0.3) is 0 Å². The van der Waals surface area contributed by atoms with Gasteiger partial charge in [0.15, 0.2) is 0 Å². The SMILES string of the molecule is CC(CNC(=O)OC(C)(C)C)Oc1cc2c(cc1N)=CN=2. The summed E-state index contributed by atoms with van der Waals surface area (Å²) >= 11 is 0. The predicted molar refractivity (Wildman–Crippen MR) is 80.4 cm³/mol. The smallest absolute Gasteiger partial charge is 0.407 e. The number of rotatable bonds is 4. The summed E-state index contributed by atoms with van der Waals surface area (Å²) in [7, 11) is 0. The lowest BCUT2D eigenvalue weighted by Gasteiger charge is -2.21. The molecule has 0 aliphatic carbocycles. The van der Waals surface area contributed by atoms with Crippen LogP contribution in [0.4, 0.5) is 10.5 Å². The van der Waals surface area contributed by atoms with Gasteiger partial charge < -0.3 is 20.5 Å². The van der Waals surface area contributed by atoms with Gasteiger partial charge in [-0.15, -0.1) is 0 Å². The number of carbonyl (C=O) groups excluding carboxylic acids is 1. The first-order valence-corrected chi connectivity index (χ1v) is 6.86. The summed E-state index contributed by atoms with van der Waals surface area (Å²) in [4.78, 5) is 15.7. The molecule has 1 aliphatic rings. The lowest BCUT2D eigenvalue weighted by Crippen LogP contribution is -2.38. The Kier molecular flexibility index (Phi) is 4.06. The largest absolute Gasteiger partial charge is 0.487 e. The van der Waals surface area contributed by atoms with Crippen LogP contribution in [0.25, 0.3) is 6.20 Å². The van der Waals surface area contributed by atoms with Crippen LogP contribution in [0.2, 0.25) is 0 Å². The number of hydrogen-bond acceptors (Lipinski definition) is 5. The molecule has 1 atom stereocenters. The van der Waals surface area contributed by atoms with Crippen LogP contribution in [0, 0.1) is 0 Å². The van der Waals surface area contributed by atoms with Gasteiger partial charge in [-0.3, -0.25) is 4.99 Å². The van der Waals surface area contributed by atoms with E-state index in [4.69, 9.17) is 15.2 Å². The first-order chi connectivity index (χ1) is 9.74. The van der Waals surface area contributed by atoms with Gasteiger partial charge in [-0.25, -0.2) is 4.79 Å². The molecule has 21 heavy (non-hydrogen) atoms. The minimum atomic E-state index is -0.516. The summed E-state index contributed by atoms with van der Waals surface area (Å²) < 4.78 is 10.9. The molecule has 1 heterocycles. The van der Waals surface area contributed by atoms with E-state index in [-0.39, 0.29) is 6.10 Å². The maximum atomic E-state index is 11.6. The number of fused-ring (bicyclic) bond motifs is 1. The molecule has 6 heteroatoms. The number of alkyl carbamates (subject to hydrolysis) is 1. The molecule has 1 aliphatic heterocycles. The number of carbonyl (C=O) groups is 1. The minimum absolute atomic E-state index is 0.234. The van der Waals surface area contributed by atoms with Crippen molar-refractivity contribution in [2.24, 2.45) is 4.99 Å². The molecule has 0 saturated carbocycles. The number of nitrogens with two attached hydrogens (primary N) is 1. The molecule has 0 saturated heterocycles. The molecule has 1 amide bonds. The maximum absolute atomic E-state index is 11.6. The standard InChI is InChI=1S/C15H21N3O3/c1-9(7-18-14(19)21-15(2,3)4)20-13-6-12-10(8-17-12)5-11(13)16/h5-6,8-9H,7,16H2,1-4H3,(H,18,19). The molecule has 3 N–H and O–H groups in total. The fourth-order valence-electron chi connectivity index (χ4n) is 1.79. The van der Waals surface area contributed by atoms with Crippen molar-refractivity contribution in [3.05, 3.63) is 22.7 Å². The topological polar surface area (TPSA) is 85.9 Å². The van der Waals surface area contributed by atoms with Crippen LogP contribution in [0.1, 0.15) is 27.7 Å². The highest BCUT2D eigenvalue weighted by Gasteiger charge is 2.17. The molecule has 114 valence electrons. The zero-order chi connectivity index (χ0) is 15.6. The highest BCUT2D eigenvalue weighted by Crippen LogP contribution is 2.18. The number of hydrogen-bond donors (Lipinski definition) is 2. The third-order valence-corrected chi connectivity index (χ3v) is 2.76. The minimum Gasteiger partial charge on any atom is -0.487 e. The van der Waals surface area contributed by atoms with Crippen molar-refractivity contribution in [1.29, 1.82) is 0 Å². The van der Waals surface area contributed by atoms with E-state index in [2.05, 4.69) is 10.3 Å². The van der Waals surface area contributed by atoms with Crippen LogP contribution in [0.15, 0.2) is 17.1 Å². The van der Waals surface area contributed by atoms with Crippen molar-refractivity contribution < 1.29 is 14.3 Å². The Balaban J connectivity index is 1.87. The Morgan fingerprint density at radius 2 is 2.14 bits per heavy atom. The number of nitrogens with zero attached hydrogens (tertiary/aromatic N) is 1. The molecule has 1 aromatic rings. The van der Waals surface area contributed by atoms with Crippen molar-refractivity contribution >= 4 is 18.0 Å². The Bertz CT molecular complexity index is 662. The third-order valence-electron chi connectivity index (χ3n) is 2.76. The van der Waals surface area contributed by atoms with Crippen LogP contribution >= 0.6 is 0 Å². The van der Waals surface area contributed by atoms with Crippen LogP contribution < -0.4 is 26.4 Å². The summed E-state index contributed by atoms with van der Waals surface area (Å²) in [5.74, 6) is 0.573. The Morgan fingerprint density at radius 3 is 2.71 bits per heavy atom. The summed E-state index contributed by atoms with van der Waals surface area (Å²) in [5, 5.41) is 4.54. The first-order valence-electron chi connectivity index (χ1n) is 6.86. The zero-order valence-electron chi connectivity index (χ0n) is 12.8. The van der Waals surface area contributed by atoms with Gasteiger partial charge in [-0.05, 0) is 33.8 Å². The molecule has 1 unspecified atom stereocenters. The fourth-order valence-corrected chi connectivity index (χ4v) is 1.79. The zero-order valence-corrected chi connectivity index (χ0v) is 12.8. The van der Waals surface area contributed by atoms with Gasteiger partial charge in [0.05, 0.1) is 17.6 Å². The summed E-state index contributed by atoms with van der Waals surface area (Å²) in [6.07, 6.45) is 1.05. The summed E-state index contributed by atoms with van der Waals surface area (Å²) in [6.45, 7) is 7.62. The van der Waals surface area contributed by atoms with Gasteiger partial charge in [0.1, 0.15) is 17.5 Å². The number of ether oxygens (including phenoxy) is 2. The molecule has 0 bridgehead atoms. The van der Waals surface area contributed by atoms with E-state index in [0.29, 0.717) is 18.0 Å². The van der Waals surface area contributed by atoms with Gasteiger partial charge in [-0.2, -0.15) is 0 Å². The average Bonchev–Trinajstić information content (AvgIpc) is 2.33. The lowest BCUT2D eigenvalue weighted by molar-refractivity contribution is 0.0505. The van der Waals surface area contributed by atoms with E-state index in [1.807, 2.05) is 33.8 Å². The molecule has 0 spiro atoms. The van der Waals surface area contributed by atoms with Crippen molar-refractivity contribution in [3.63, 3.8) is 0 Å². The van der Waals surface area contributed by atoms with Gasteiger partial charge in [0.2, 0.25) is 0 Å². The van der Waals surface area contributed by atoms with E-state index < -0.39 is 11.7 Å². The van der Waals surface area contributed by atoms with Crippen molar-refractivity contribution in [2.45, 2.75) is 39.4 Å². The maximum Gasteiger partial charge on any atom is 0.407 e. The number of nitrogen functional groups attached to an aromatic ring is 1. The number of benzene rings is 1. The second-order valence-corrected chi connectivity index (χ2v) is 6.02. The van der Waals surface area contributed by atoms with Crippen LogP contribution in [-0.4, -0.2) is 24.3 Å². The summed E-state index contributed by atoms with van der Waals surface area (Å²) in [5.41, 5.74) is 5.96. The van der Waals surface area contributed by atoms with E-state index in [9.17, 15) is 4.79 Å². The number of nitrogens with one attached hydrogen (secondary N) is 1. The summed E-state index contributed by atoms with van der Waals surface area (Å²) in [6, 6.07) is 3.63. The average molecular weight is 291 g/mol. The molecule has 2 rings (SSSR count). The highest BCUT2D eigenvalue weighted by atomic mass is 16.6. The second-order valence-electron chi connectivity index (χ2n) is 6.02. The molecular formula is C15H21N3O3. The quantitative estimate of drug-likeness (QED) is 0.808. The van der Waals surface area contributed by atoms with Crippen molar-refractivity contribution in [1.82, 2.24) is 5.32 Å². The number of anilines is 1. The Morgan fingerprint density at radius 1 is 1.43 bits per heavy atom. The van der Waals surface area contributed by atoms with E-state index >= 15 is 0 Å². The number of amides is 1. The normalized spacial score (nSPS) is 13.9. The molecule has 0 fully saturated rings. The first kappa shape index (κ1) is 15.2.